The molecule has 6 nitrogen and oxygen atoms in total. The summed E-state index contributed by atoms with van der Waals surface area (Å²) in [6.45, 7) is 0.654. The van der Waals surface area contributed by atoms with Crippen LogP contribution in [0, 0.1) is 0 Å². The van der Waals surface area contributed by atoms with Crippen LogP contribution in [0.1, 0.15) is 16.8 Å². The molecule has 0 saturated carbocycles. The molecule has 1 aliphatic heterocycles. The number of carbonyl (C=O) groups is 2. The van der Waals surface area contributed by atoms with Gasteiger partial charge in [0.2, 0.25) is 5.91 Å². The molecule has 0 aromatic carbocycles. The van der Waals surface area contributed by atoms with Gasteiger partial charge in [0.25, 0.3) is 5.91 Å². The van der Waals surface area contributed by atoms with Crippen LogP contribution in [0.4, 0.5) is 5.00 Å². The Hall–Kier alpha value is -1.44. The molecule has 0 aliphatic carbocycles. The Kier molecular flexibility index (Phi) is 3.95. The zero-order chi connectivity index (χ0) is 13.1. The number of rotatable bonds is 4. The molecular weight excluding hydrogens is 254 g/mol. The molecule has 4 N–H and O–H groups in total. The third-order valence-corrected chi connectivity index (χ3v) is 3.74. The summed E-state index contributed by atoms with van der Waals surface area (Å²) in [6, 6.07) is 1.31. The normalized spacial score (nSPS) is 22.9. The monoisotopic (exact) mass is 269 g/mol. The van der Waals surface area contributed by atoms with Crippen molar-refractivity contribution in [2.75, 3.05) is 19.0 Å². The predicted octanol–water partition coefficient (Wildman–Crippen LogP) is 0.162. The van der Waals surface area contributed by atoms with E-state index in [1.807, 2.05) is 0 Å². The van der Waals surface area contributed by atoms with Crippen LogP contribution >= 0.6 is 11.3 Å². The highest BCUT2D eigenvalue weighted by Crippen LogP contribution is 2.23. The Morgan fingerprint density at radius 1 is 1.61 bits per heavy atom. The molecule has 1 aromatic heterocycles. The van der Waals surface area contributed by atoms with E-state index >= 15 is 0 Å². The maximum Gasteiger partial charge on any atom is 0.251 e. The van der Waals surface area contributed by atoms with Gasteiger partial charge in [0.1, 0.15) is 5.00 Å². The molecular formula is C11H15N3O3S. The summed E-state index contributed by atoms with van der Waals surface area (Å²) in [5.41, 5.74) is 5.55. The number of hydrogen-bond acceptors (Lipinski definition) is 5. The number of amides is 2. The van der Waals surface area contributed by atoms with E-state index in [4.69, 9.17) is 10.5 Å². The average molecular weight is 269 g/mol. The molecule has 1 aliphatic rings. The summed E-state index contributed by atoms with van der Waals surface area (Å²) < 4.78 is 5.17. The van der Waals surface area contributed by atoms with Gasteiger partial charge in [0.15, 0.2) is 0 Å². The fourth-order valence-corrected chi connectivity index (χ4v) is 2.68. The zero-order valence-corrected chi connectivity index (χ0v) is 10.8. The topological polar surface area (TPSA) is 93.4 Å². The van der Waals surface area contributed by atoms with Crippen molar-refractivity contribution in [1.29, 1.82) is 0 Å². The first kappa shape index (κ1) is 13.0. The van der Waals surface area contributed by atoms with Crippen molar-refractivity contribution in [3.8, 4) is 0 Å². The van der Waals surface area contributed by atoms with Crippen LogP contribution in [-0.2, 0) is 9.53 Å². The van der Waals surface area contributed by atoms with Crippen LogP contribution in [0.25, 0.3) is 0 Å². The first-order valence-electron chi connectivity index (χ1n) is 5.56. The largest absolute Gasteiger partial charge is 0.380 e. The number of ether oxygens (including phenoxy) is 1. The highest BCUT2D eigenvalue weighted by molar-refractivity contribution is 7.14. The highest BCUT2D eigenvalue weighted by Gasteiger charge is 2.29. The molecule has 1 saturated heterocycles. The Bertz CT molecular complexity index is 460. The van der Waals surface area contributed by atoms with Gasteiger partial charge in [-0.05, 0) is 17.9 Å². The minimum absolute atomic E-state index is 0.0553. The van der Waals surface area contributed by atoms with Crippen LogP contribution in [0.3, 0.4) is 0 Å². The molecule has 2 amide bonds. The van der Waals surface area contributed by atoms with Crippen LogP contribution in [0.15, 0.2) is 11.4 Å². The SMILES string of the molecule is COC1CNC(C(=O)Nc2sccc2C(N)=O)C1. The van der Waals surface area contributed by atoms with Gasteiger partial charge < -0.3 is 21.1 Å². The maximum atomic E-state index is 12.0. The van der Waals surface area contributed by atoms with E-state index in [2.05, 4.69) is 10.6 Å². The van der Waals surface area contributed by atoms with Gasteiger partial charge in [-0.2, -0.15) is 0 Å². The number of nitrogens with one attached hydrogen (secondary N) is 2. The quantitative estimate of drug-likeness (QED) is 0.726. The van der Waals surface area contributed by atoms with Gasteiger partial charge in [0, 0.05) is 13.7 Å². The molecule has 0 radical (unpaired) electrons. The number of hydrogen-bond donors (Lipinski definition) is 3. The predicted molar refractivity (Wildman–Crippen MR) is 68.7 cm³/mol. The molecule has 0 spiro atoms. The Labute approximate surface area is 108 Å². The molecule has 2 unspecified atom stereocenters. The van der Waals surface area contributed by atoms with Gasteiger partial charge in [-0.25, -0.2) is 0 Å². The lowest BCUT2D eigenvalue weighted by Crippen LogP contribution is -2.35. The molecule has 98 valence electrons. The number of primary amides is 1. The van der Waals surface area contributed by atoms with E-state index < -0.39 is 5.91 Å². The summed E-state index contributed by atoms with van der Waals surface area (Å²) in [5, 5.41) is 8.00. The highest BCUT2D eigenvalue weighted by atomic mass is 32.1. The van der Waals surface area contributed by atoms with E-state index in [0.29, 0.717) is 23.5 Å². The van der Waals surface area contributed by atoms with E-state index in [1.54, 1.807) is 18.6 Å². The fourth-order valence-electron chi connectivity index (χ4n) is 1.88. The molecule has 2 rings (SSSR count). The van der Waals surface area contributed by atoms with E-state index in [1.165, 1.54) is 11.3 Å². The van der Waals surface area contributed by atoms with E-state index in [-0.39, 0.29) is 18.1 Å². The van der Waals surface area contributed by atoms with Crippen LogP contribution in [-0.4, -0.2) is 37.6 Å². The van der Waals surface area contributed by atoms with Crippen molar-refractivity contribution in [3.63, 3.8) is 0 Å². The number of nitrogens with two attached hydrogens (primary N) is 1. The molecule has 7 heteroatoms. The van der Waals surface area contributed by atoms with Crippen LogP contribution < -0.4 is 16.4 Å². The Morgan fingerprint density at radius 3 is 3.00 bits per heavy atom. The molecule has 2 atom stereocenters. The molecule has 1 aromatic rings. The molecule has 18 heavy (non-hydrogen) atoms. The van der Waals surface area contributed by atoms with Crippen LogP contribution in [0.2, 0.25) is 0 Å². The van der Waals surface area contributed by atoms with Crippen molar-refractivity contribution in [1.82, 2.24) is 5.32 Å². The van der Waals surface area contributed by atoms with E-state index in [9.17, 15) is 9.59 Å². The minimum atomic E-state index is -0.541. The zero-order valence-electron chi connectivity index (χ0n) is 9.93. The number of thiophene rings is 1. The first-order chi connectivity index (χ1) is 8.61. The van der Waals surface area contributed by atoms with Crippen molar-refractivity contribution in [2.24, 2.45) is 5.73 Å². The van der Waals surface area contributed by atoms with E-state index in [0.717, 1.165) is 0 Å². The standard InChI is InChI=1S/C11H15N3O3S/c1-17-6-4-8(13-5-6)10(16)14-11-7(9(12)15)2-3-18-11/h2-3,6,8,13H,4-5H2,1H3,(H2,12,15)(H,14,16). The molecule has 2 heterocycles. The molecule has 1 fully saturated rings. The smallest absolute Gasteiger partial charge is 0.251 e. The van der Waals surface area contributed by atoms with Crippen LogP contribution in [0.5, 0.6) is 0 Å². The first-order valence-corrected chi connectivity index (χ1v) is 6.44. The number of carbonyl (C=O) groups excluding carboxylic acids is 2. The second-order valence-corrected chi connectivity index (χ2v) is 4.99. The summed E-state index contributed by atoms with van der Waals surface area (Å²) >= 11 is 1.28. The lowest BCUT2D eigenvalue weighted by atomic mass is 10.2. The third kappa shape index (κ3) is 2.69. The number of methoxy groups -OCH3 is 1. The summed E-state index contributed by atoms with van der Waals surface area (Å²) in [5.74, 6) is -0.708. The maximum absolute atomic E-state index is 12.0. The van der Waals surface area contributed by atoms with Gasteiger partial charge in [0.05, 0.1) is 17.7 Å². The third-order valence-electron chi connectivity index (χ3n) is 2.91. The van der Waals surface area contributed by atoms with Crippen molar-refractivity contribution < 1.29 is 14.3 Å². The second-order valence-electron chi connectivity index (χ2n) is 4.07. The van der Waals surface area contributed by atoms with Crippen molar-refractivity contribution >= 4 is 28.2 Å². The minimum Gasteiger partial charge on any atom is -0.380 e. The fraction of sp³-hybridized carbons (Fsp3) is 0.455. The second kappa shape index (κ2) is 5.47. The van der Waals surface area contributed by atoms with Crippen molar-refractivity contribution in [3.05, 3.63) is 17.0 Å². The Balaban J connectivity index is 1.99. The van der Waals surface area contributed by atoms with Gasteiger partial charge in [-0.3, -0.25) is 9.59 Å². The molecule has 0 bridgehead atoms. The lowest BCUT2D eigenvalue weighted by molar-refractivity contribution is -0.117. The summed E-state index contributed by atoms with van der Waals surface area (Å²) in [7, 11) is 1.62. The van der Waals surface area contributed by atoms with Crippen molar-refractivity contribution in [2.45, 2.75) is 18.6 Å². The lowest BCUT2D eigenvalue weighted by Gasteiger charge is -2.10. The summed E-state index contributed by atoms with van der Waals surface area (Å²) in [4.78, 5) is 23.1. The van der Waals surface area contributed by atoms with Gasteiger partial charge in [-0.15, -0.1) is 11.3 Å². The summed E-state index contributed by atoms with van der Waals surface area (Å²) in [6.07, 6.45) is 0.680. The van der Waals surface area contributed by atoms with Gasteiger partial charge >= 0.3 is 0 Å². The Morgan fingerprint density at radius 2 is 2.39 bits per heavy atom. The number of anilines is 1. The average Bonchev–Trinajstić information content (AvgIpc) is 2.96. The van der Waals surface area contributed by atoms with Gasteiger partial charge in [-0.1, -0.05) is 0 Å².